The van der Waals surface area contributed by atoms with Gasteiger partial charge in [0.25, 0.3) is 5.91 Å². The minimum absolute atomic E-state index is 0.116. The molecule has 164 valence electrons. The van der Waals surface area contributed by atoms with Gasteiger partial charge in [-0.2, -0.15) is 0 Å². The van der Waals surface area contributed by atoms with Crippen LogP contribution in [-0.4, -0.2) is 72.3 Å². The fourth-order valence-electron chi connectivity index (χ4n) is 4.54. The Hall–Kier alpha value is -2.73. The van der Waals surface area contributed by atoms with Crippen LogP contribution in [0.25, 0.3) is 0 Å². The molecule has 2 aliphatic rings. The largest absolute Gasteiger partial charge is 0.342 e. The van der Waals surface area contributed by atoms with Crippen molar-refractivity contribution in [1.29, 1.82) is 0 Å². The summed E-state index contributed by atoms with van der Waals surface area (Å²) in [6, 6.07) is 16.6. The van der Waals surface area contributed by atoms with Crippen LogP contribution in [0.1, 0.15) is 28.8 Å². The summed E-state index contributed by atoms with van der Waals surface area (Å²) in [7, 11) is 0. The molecule has 2 heterocycles. The van der Waals surface area contributed by atoms with E-state index < -0.39 is 5.82 Å². The van der Waals surface area contributed by atoms with Gasteiger partial charge in [0.1, 0.15) is 5.82 Å². The first-order valence-electron chi connectivity index (χ1n) is 11.2. The van der Waals surface area contributed by atoms with Crippen LogP contribution >= 0.6 is 0 Å². The second-order valence-electron chi connectivity index (χ2n) is 8.56. The molecule has 2 aliphatic heterocycles. The molecular formula is C25H30FN3O2. The van der Waals surface area contributed by atoms with Crippen molar-refractivity contribution < 1.29 is 14.0 Å². The van der Waals surface area contributed by atoms with E-state index in [0.29, 0.717) is 38.6 Å². The first-order valence-corrected chi connectivity index (χ1v) is 11.2. The summed E-state index contributed by atoms with van der Waals surface area (Å²) in [4.78, 5) is 31.1. The SMILES string of the molecule is O=C(CN1CCN(C(=O)c2ccccc2F)CC1)N1CCC(Cc2ccccc2)CC1. The standard InChI is InChI=1S/C25H30FN3O2/c26-23-9-5-4-8-22(23)25(31)29-16-14-27(15-17-29)19-24(30)28-12-10-21(11-13-28)18-20-6-2-1-3-7-20/h1-9,21H,10-19H2. The highest BCUT2D eigenvalue weighted by Crippen LogP contribution is 2.22. The Bertz CT molecular complexity index is 889. The summed E-state index contributed by atoms with van der Waals surface area (Å²) < 4.78 is 13.9. The normalized spacial score (nSPS) is 18.2. The van der Waals surface area contributed by atoms with Crippen LogP contribution < -0.4 is 0 Å². The Kier molecular flexibility index (Phi) is 6.97. The summed E-state index contributed by atoms with van der Waals surface area (Å²) in [5.41, 5.74) is 1.49. The maximum Gasteiger partial charge on any atom is 0.256 e. The van der Waals surface area contributed by atoms with Crippen LogP contribution in [0.2, 0.25) is 0 Å². The molecule has 0 N–H and O–H groups in total. The lowest BCUT2D eigenvalue weighted by Crippen LogP contribution is -2.52. The maximum atomic E-state index is 13.9. The smallest absolute Gasteiger partial charge is 0.256 e. The van der Waals surface area contributed by atoms with Gasteiger partial charge in [-0.05, 0) is 42.9 Å². The van der Waals surface area contributed by atoms with Crippen molar-refractivity contribution >= 4 is 11.8 Å². The van der Waals surface area contributed by atoms with E-state index >= 15 is 0 Å². The summed E-state index contributed by atoms with van der Waals surface area (Å²) in [6.45, 7) is 4.33. The molecule has 0 unspecified atom stereocenters. The van der Waals surface area contributed by atoms with Crippen molar-refractivity contribution in [2.45, 2.75) is 19.3 Å². The van der Waals surface area contributed by atoms with Crippen molar-refractivity contribution in [2.75, 3.05) is 45.8 Å². The predicted octanol–water partition coefficient (Wildman–Crippen LogP) is 3.06. The topological polar surface area (TPSA) is 43.9 Å². The number of piperazine rings is 1. The number of halogens is 1. The summed E-state index contributed by atoms with van der Waals surface area (Å²) in [6.07, 6.45) is 3.18. The zero-order valence-corrected chi connectivity index (χ0v) is 17.9. The third-order valence-electron chi connectivity index (χ3n) is 6.46. The molecule has 2 fully saturated rings. The first-order chi connectivity index (χ1) is 15.1. The van der Waals surface area contributed by atoms with Gasteiger partial charge in [-0.25, -0.2) is 4.39 Å². The van der Waals surface area contributed by atoms with E-state index in [1.165, 1.54) is 17.7 Å². The molecular weight excluding hydrogens is 393 g/mol. The zero-order valence-electron chi connectivity index (χ0n) is 17.9. The fourth-order valence-corrected chi connectivity index (χ4v) is 4.54. The molecule has 31 heavy (non-hydrogen) atoms. The van der Waals surface area contributed by atoms with Gasteiger partial charge in [-0.15, -0.1) is 0 Å². The number of rotatable bonds is 5. The van der Waals surface area contributed by atoms with Crippen LogP contribution in [0.4, 0.5) is 4.39 Å². The molecule has 5 nitrogen and oxygen atoms in total. The number of hydrogen-bond donors (Lipinski definition) is 0. The Morgan fingerprint density at radius 2 is 1.45 bits per heavy atom. The molecule has 0 saturated carbocycles. The molecule has 6 heteroatoms. The van der Waals surface area contributed by atoms with Crippen molar-refractivity contribution in [3.05, 3.63) is 71.5 Å². The van der Waals surface area contributed by atoms with E-state index in [9.17, 15) is 14.0 Å². The van der Waals surface area contributed by atoms with Gasteiger partial charge in [0.2, 0.25) is 5.91 Å². The molecule has 0 aliphatic carbocycles. The number of likely N-dealkylation sites (tertiary alicyclic amines) is 1. The molecule has 0 radical (unpaired) electrons. The Morgan fingerprint density at radius 3 is 2.13 bits per heavy atom. The lowest BCUT2D eigenvalue weighted by molar-refractivity contribution is -0.134. The molecule has 0 spiro atoms. The molecule has 0 aromatic heterocycles. The minimum Gasteiger partial charge on any atom is -0.342 e. The quantitative estimate of drug-likeness (QED) is 0.743. The Morgan fingerprint density at radius 1 is 0.806 bits per heavy atom. The highest BCUT2D eigenvalue weighted by Gasteiger charge is 2.27. The van der Waals surface area contributed by atoms with E-state index in [-0.39, 0.29) is 17.4 Å². The van der Waals surface area contributed by atoms with Gasteiger partial charge in [0.15, 0.2) is 0 Å². The number of carbonyl (C=O) groups is 2. The molecule has 2 aromatic rings. The van der Waals surface area contributed by atoms with Gasteiger partial charge in [0.05, 0.1) is 12.1 Å². The molecule has 2 amide bonds. The van der Waals surface area contributed by atoms with Crippen LogP contribution in [-0.2, 0) is 11.2 Å². The van der Waals surface area contributed by atoms with Crippen LogP contribution in [0.5, 0.6) is 0 Å². The third kappa shape index (κ3) is 5.50. The van der Waals surface area contributed by atoms with E-state index in [2.05, 4.69) is 29.2 Å². The lowest BCUT2D eigenvalue weighted by Gasteiger charge is -2.37. The van der Waals surface area contributed by atoms with Gasteiger partial charge in [-0.1, -0.05) is 42.5 Å². The van der Waals surface area contributed by atoms with Crippen LogP contribution in [0.15, 0.2) is 54.6 Å². The van der Waals surface area contributed by atoms with Gasteiger partial charge in [0, 0.05) is 39.3 Å². The highest BCUT2D eigenvalue weighted by atomic mass is 19.1. The van der Waals surface area contributed by atoms with Crippen molar-refractivity contribution in [3.8, 4) is 0 Å². The number of carbonyl (C=O) groups excluding carboxylic acids is 2. The van der Waals surface area contributed by atoms with E-state index in [4.69, 9.17) is 0 Å². The fraction of sp³-hybridized carbons (Fsp3) is 0.440. The molecule has 2 aromatic carbocycles. The first kappa shape index (κ1) is 21.5. The zero-order chi connectivity index (χ0) is 21.6. The molecule has 0 atom stereocenters. The van der Waals surface area contributed by atoms with Crippen molar-refractivity contribution in [1.82, 2.24) is 14.7 Å². The number of benzene rings is 2. The van der Waals surface area contributed by atoms with E-state index in [1.807, 2.05) is 11.0 Å². The Balaban J connectivity index is 1.20. The van der Waals surface area contributed by atoms with Crippen LogP contribution in [0.3, 0.4) is 0 Å². The summed E-state index contributed by atoms with van der Waals surface area (Å²) in [5.74, 6) is 0.0526. The van der Waals surface area contributed by atoms with Crippen molar-refractivity contribution in [2.24, 2.45) is 5.92 Å². The average Bonchev–Trinajstić information content (AvgIpc) is 2.80. The molecule has 2 saturated heterocycles. The minimum atomic E-state index is -0.485. The number of amides is 2. The maximum absolute atomic E-state index is 13.9. The van der Waals surface area contributed by atoms with Gasteiger partial charge < -0.3 is 9.80 Å². The lowest BCUT2D eigenvalue weighted by atomic mass is 9.90. The van der Waals surface area contributed by atoms with Gasteiger partial charge in [-0.3, -0.25) is 14.5 Å². The van der Waals surface area contributed by atoms with E-state index in [1.54, 1.807) is 17.0 Å². The second kappa shape index (κ2) is 10.1. The summed E-state index contributed by atoms with van der Waals surface area (Å²) >= 11 is 0. The number of hydrogen-bond acceptors (Lipinski definition) is 3. The number of piperidine rings is 1. The summed E-state index contributed by atoms with van der Waals surface area (Å²) in [5, 5.41) is 0. The van der Waals surface area contributed by atoms with E-state index in [0.717, 1.165) is 32.4 Å². The second-order valence-corrected chi connectivity index (χ2v) is 8.56. The molecule has 0 bridgehead atoms. The predicted molar refractivity (Wildman–Crippen MR) is 118 cm³/mol. The van der Waals surface area contributed by atoms with Crippen molar-refractivity contribution in [3.63, 3.8) is 0 Å². The van der Waals surface area contributed by atoms with Gasteiger partial charge >= 0.3 is 0 Å². The monoisotopic (exact) mass is 423 g/mol. The van der Waals surface area contributed by atoms with Crippen LogP contribution in [0, 0.1) is 11.7 Å². The third-order valence-corrected chi connectivity index (χ3v) is 6.46. The molecule has 4 rings (SSSR count). The average molecular weight is 424 g/mol. The highest BCUT2D eigenvalue weighted by molar-refractivity contribution is 5.94. The Labute approximate surface area is 183 Å². The number of nitrogens with zero attached hydrogens (tertiary/aromatic N) is 3.